The van der Waals surface area contributed by atoms with Crippen LogP contribution in [-0.2, 0) is 17.1 Å². The van der Waals surface area contributed by atoms with Gasteiger partial charge in [0.25, 0.3) is 10.0 Å². The lowest BCUT2D eigenvalue weighted by atomic mass is 10.3. The fourth-order valence-corrected chi connectivity index (χ4v) is 4.54. The Morgan fingerprint density at radius 3 is 2.71 bits per heavy atom. The first kappa shape index (κ1) is 13.4. The molecule has 0 aliphatic heterocycles. The van der Waals surface area contributed by atoms with Crippen LogP contribution in [0.3, 0.4) is 0 Å². The molecule has 1 aliphatic carbocycles. The molecule has 17 heavy (non-hydrogen) atoms. The monoisotopic (exact) mass is 386 g/mol. The molecule has 0 bridgehead atoms. The first-order valence-electron chi connectivity index (χ1n) is 5.10. The van der Waals surface area contributed by atoms with Gasteiger partial charge < -0.3 is 0 Å². The third-order valence-electron chi connectivity index (χ3n) is 2.59. The van der Waals surface area contributed by atoms with E-state index in [1.165, 1.54) is 4.68 Å². The minimum Gasteiger partial charge on any atom is -0.235 e. The van der Waals surface area contributed by atoms with Crippen LogP contribution in [0.4, 0.5) is 0 Å². The molecule has 2 rings (SSSR count). The maximum Gasteiger partial charge on any atom is 0.260 e. The number of hydrogen-bond acceptors (Lipinski definition) is 4. The standard InChI is InChI=1S/C8H12Br2N4O2S/c1-14-8(7(10)12-13-14)17(15,16)11-4-6(9)5-2-3-5/h5-6,11H,2-4H2,1H3. The highest BCUT2D eigenvalue weighted by Crippen LogP contribution is 2.36. The molecule has 0 radical (unpaired) electrons. The average Bonchev–Trinajstić information content (AvgIpc) is 3.02. The van der Waals surface area contributed by atoms with E-state index in [1.54, 1.807) is 7.05 Å². The summed E-state index contributed by atoms with van der Waals surface area (Å²) in [5.74, 6) is 0.589. The molecular weight excluding hydrogens is 376 g/mol. The molecule has 0 saturated heterocycles. The van der Waals surface area contributed by atoms with Gasteiger partial charge in [0.1, 0.15) is 0 Å². The van der Waals surface area contributed by atoms with E-state index in [2.05, 4.69) is 46.9 Å². The molecule has 1 atom stereocenters. The van der Waals surface area contributed by atoms with Crippen molar-refractivity contribution in [3.63, 3.8) is 0 Å². The summed E-state index contributed by atoms with van der Waals surface area (Å²) in [5, 5.41) is 7.35. The Labute approximate surface area is 116 Å². The van der Waals surface area contributed by atoms with Crippen molar-refractivity contribution >= 4 is 41.9 Å². The first-order chi connectivity index (χ1) is 7.92. The third kappa shape index (κ3) is 3.07. The Bertz CT molecular complexity index is 492. The number of halogens is 2. The third-order valence-corrected chi connectivity index (χ3v) is 5.97. The molecule has 96 valence electrons. The van der Waals surface area contributed by atoms with Crippen LogP contribution in [0, 0.1) is 5.92 Å². The zero-order chi connectivity index (χ0) is 12.6. The summed E-state index contributed by atoms with van der Waals surface area (Å²) < 4.78 is 28.1. The Hall–Kier alpha value is 0.01000. The van der Waals surface area contributed by atoms with Gasteiger partial charge in [-0.3, -0.25) is 0 Å². The zero-order valence-electron chi connectivity index (χ0n) is 9.10. The number of nitrogens with zero attached hydrogens (tertiary/aromatic N) is 3. The largest absolute Gasteiger partial charge is 0.260 e. The number of rotatable bonds is 5. The zero-order valence-corrected chi connectivity index (χ0v) is 13.1. The highest BCUT2D eigenvalue weighted by Gasteiger charge is 2.31. The molecule has 1 aliphatic rings. The Morgan fingerprint density at radius 2 is 2.24 bits per heavy atom. The molecule has 1 fully saturated rings. The molecule has 1 aromatic rings. The van der Waals surface area contributed by atoms with E-state index in [0.717, 1.165) is 12.8 Å². The number of aromatic nitrogens is 3. The smallest absolute Gasteiger partial charge is 0.235 e. The van der Waals surface area contributed by atoms with Gasteiger partial charge in [0.05, 0.1) is 0 Å². The van der Waals surface area contributed by atoms with Crippen LogP contribution in [-0.4, -0.2) is 34.8 Å². The van der Waals surface area contributed by atoms with Crippen molar-refractivity contribution in [1.29, 1.82) is 0 Å². The Kier molecular flexibility index (Phi) is 3.91. The summed E-state index contributed by atoms with van der Waals surface area (Å²) >= 11 is 6.56. The summed E-state index contributed by atoms with van der Waals surface area (Å²) in [6, 6.07) is 0. The van der Waals surface area contributed by atoms with Gasteiger partial charge in [0, 0.05) is 18.4 Å². The number of nitrogens with one attached hydrogen (secondary N) is 1. The molecule has 0 aromatic carbocycles. The highest BCUT2D eigenvalue weighted by molar-refractivity contribution is 9.10. The fraction of sp³-hybridized carbons (Fsp3) is 0.750. The van der Waals surface area contributed by atoms with Gasteiger partial charge in [-0.05, 0) is 34.7 Å². The minimum atomic E-state index is -3.57. The summed E-state index contributed by atoms with van der Waals surface area (Å²) in [6.45, 7) is 0.380. The SMILES string of the molecule is Cn1nnc(Br)c1S(=O)(=O)NCC(Br)C1CC1. The van der Waals surface area contributed by atoms with Crippen molar-refractivity contribution in [2.24, 2.45) is 13.0 Å². The van der Waals surface area contributed by atoms with Crippen LogP contribution in [0.25, 0.3) is 0 Å². The number of aryl methyl sites for hydroxylation is 1. The van der Waals surface area contributed by atoms with Gasteiger partial charge >= 0.3 is 0 Å². The predicted molar refractivity (Wildman–Crippen MR) is 69.3 cm³/mol. The van der Waals surface area contributed by atoms with Crippen LogP contribution >= 0.6 is 31.9 Å². The summed E-state index contributed by atoms with van der Waals surface area (Å²) in [6.07, 6.45) is 2.32. The van der Waals surface area contributed by atoms with Gasteiger partial charge in [-0.15, -0.1) is 5.10 Å². The minimum absolute atomic E-state index is 0.0491. The van der Waals surface area contributed by atoms with E-state index in [0.29, 0.717) is 12.5 Å². The van der Waals surface area contributed by atoms with Gasteiger partial charge in [-0.1, -0.05) is 21.1 Å². The van der Waals surface area contributed by atoms with Crippen molar-refractivity contribution in [1.82, 2.24) is 19.7 Å². The lowest BCUT2D eigenvalue weighted by Crippen LogP contribution is -2.32. The molecular formula is C8H12Br2N4O2S. The maximum atomic E-state index is 12.0. The summed E-state index contributed by atoms with van der Waals surface area (Å²) in [5.41, 5.74) is 0. The normalized spacial score (nSPS) is 18.3. The second-order valence-corrected chi connectivity index (χ2v) is 7.62. The van der Waals surface area contributed by atoms with Crippen molar-refractivity contribution in [2.75, 3.05) is 6.54 Å². The van der Waals surface area contributed by atoms with Gasteiger partial charge in [-0.2, -0.15) is 0 Å². The van der Waals surface area contributed by atoms with Crippen molar-refractivity contribution in [3.8, 4) is 0 Å². The van der Waals surface area contributed by atoms with Gasteiger partial charge in [-0.25, -0.2) is 17.8 Å². The molecule has 1 heterocycles. The highest BCUT2D eigenvalue weighted by atomic mass is 79.9. The Balaban J connectivity index is 2.08. The first-order valence-corrected chi connectivity index (χ1v) is 8.30. The molecule has 9 heteroatoms. The quantitative estimate of drug-likeness (QED) is 0.765. The van der Waals surface area contributed by atoms with Crippen LogP contribution in [0.15, 0.2) is 9.63 Å². The lowest BCUT2D eigenvalue weighted by molar-refractivity contribution is 0.557. The molecule has 0 spiro atoms. The van der Waals surface area contributed by atoms with E-state index in [-0.39, 0.29) is 14.5 Å². The topological polar surface area (TPSA) is 76.9 Å². The molecule has 1 saturated carbocycles. The fourth-order valence-electron chi connectivity index (χ4n) is 1.49. The van der Waals surface area contributed by atoms with Crippen molar-refractivity contribution in [3.05, 3.63) is 4.60 Å². The van der Waals surface area contributed by atoms with E-state index < -0.39 is 10.0 Å². The van der Waals surface area contributed by atoms with Crippen molar-refractivity contribution in [2.45, 2.75) is 22.7 Å². The second-order valence-electron chi connectivity index (χ2n) is 4.01. The van der Waals surface area contributed by atoms with Crippen LogP contribution in [0.1, 0.15) is 12.8 Å². The number of alkyl halides is 1. The molecule has 1 unspecified atom stereocenters. The molecule has 1 N–H and O–H groups in total. The predicted octanol–water partition coefficient (Wildman–Crippen LogP) is 1.03. The van der Waals surface area contributed by atoms with E-state index in [9.17, 15) is 8.42 Å². The average molecular weight is 388 g/mol. The molecule has 0 amide bonds. The van der Waals surface area contributed by atoms with E-state index >= 15 is 0 Å². The maximum absolute atomic E-state index is 12.0. The van der Waals surface area contributed by atoms with Crippen molar-refractivity contribution < 1.29 is 8.42 Å². The lowest BCUT2D eigenvalue weighted by Gasteiger charge is -2.10. The second kappa shape index (κ2) is 4.94. The summed E-state index contributed by atoms with van der Waals surface area (Å²) in [7, 11) is -2.03. The van der Waals surface area contributed by atoms with E-state index in [1.807, 2.05) is 0 Å². The molecule has 1 aromatic heterocycles. The molecule has 6 nitrogen and oxygen atoms in total. The Morgan fingerprint density at radius 1 is 1.59 bits per heavy atom. The van der Waals surface area contributed by atoms with Gasteiger partial charge in [0.15, 0.2) is 4.60 Å². The van der Waals surface area contributed by atoms with Gasteiger partial charge in [0.2, 0.25) is 5.03 Å². The van der Waals surface area contributed by atoms with E-state index in [4.69, 9.17) is 0 Å². The van der Waals surface area contributed by atoms with Crippen LogP contribution < -0.4 is 4.72 Å². The van der Waals surface area contributed by atoms with Crippen LogP contribution in [0.5, 0.6) is 0 Å². The number of hydrogen-bond donors (Lipinski definition) is 1. The number of sulfonamides is 1. The summed E-state index contributed by atoms with van der Waals surface area (Å²) in [4.78, 5) is 0.192. The van der Waals surface area contributed by atoms with Crippen LogP contribution in [0.2, 0.25) is 0 Å².